The summed E-state index contributed by atoms with van der Waals surface area (Å²) in [6.45, 7) is 5.90. The maximum absolute atomic E-state index is 13.5. The van der Waals surface area contributed by atoms with E-state index < -0.39 is 5.97 Å². The largest absolute Gasteiger partial charge is 0.478 e. The van der Waals surface area contributed by atoms with Crippen LogP contribution in [0.25, 0.3) is 0 Å². The number of aromatic carboxylic acids is 1. The number of anilines is 2. The third-order valence-corrected chi connectivity index (χ3v) is 3.51. The van der Waals surface area contributed by atoms with Gasteiger partial charge < -0.3 is 10.4 Å². The molecule has 0 saturated heterocycles. The Morgan fingerprint density at radius 2 is 1.77 bits per heavy atom. The first-order valence-corrected chi connectivity index (χ1v) is 7.16. The molecule has 0 radical (unpaired) electrons. The minimum Gasteiger partial charge on any atom is -0.478 e. The van der Waals surface area contributed by atoms with Gasteiger partial charge in [0.15, 0.2) is 0 Å². The van der Waals surface area contributed by atoms with Crippen LogP contribution in [0.5, 0.6) is 0 Å². The van der Waals surface area contributed by atoms with E-state index in [1.165, 1.54) is 18.2 Å². The van der Waals surface area contributed by atoms with Gasteiger partial charge in [0.2, 0.25) is 0 Å². The van der Waals surface area contributed by atoms with Crippen molar-refractivity contribution in [1.29, 1.82) is 0 Å². The van der Waals surface area contributed by atoms with Gasteiger partial charge in [-0.3, -0.25) is 0 Å². The van der Waals surface area contributed by atoms with Crippen LogP contribution < -0.4 is 5.32 Å². The zero-order valence-electron chi connectivity index (χ0n) is 12.6. The Kier molecular flexibility index (Phi) is 4.42. The number of carbonyl (C=O) groups is 1. The van der Waals surface area contributed by atoms with Crippen molar-refractivity contribution >= 4 is 28.9 Å². The van der Waals surface area contributed by atoms with Crippen molar-refractivity contribution < 1.29 is 14.3 Å². The van der Waals surface area contributed by atoms with Crippen LogP contribution in [0.1, 0.15) is 36.7 Å². The Morgan fingerprint density at radius 3 is 2.36 bits per heavy atom. The second-order valence-corrected chi connectivity index (χ2v) is 6.50. The highest BCUT2D eigenvalue weighted by Gasteiger charge is 2.20. The van der Waals surface area contributed by atoms with Crippen LogP contribution in [0.3, 0.4) is 0 Å². The summed E-state index contributed by atoms with van der Waals surface area (Å²) in [5, 5.41) is 12.7. The van der Waals surface area contributed by atoms with Crippen LogP contribution in [0.15, 0.2) is 36.4 Å². The molecular formula is C17H17ClFNO2. The van der Waals surface area contributed by atoms with E-state index in [-0.39, 0.29) is 16.8 Å². The zero-order valence-corrected chi connectivity index (χ0v) is 13.3. The number of rotatable bonds is 3. The number of hydrogen-bond acceptors (Lipinski definition) is 2. The molecule has 2 aromatic rings. The Bertz CT molecular complexity index is 723. The summed E-state index contributed by atoms with van der Waals surface area (Å²) < 4.78 is 13.5. The van der Waals surface area contributed by atoms with Crippen molar-refractivity contribution in [1.82, 2.24) is 0 Å². The normalized spacial score (nSPS) is 11.3. The lowest BCUT2D eigenvalue weighted by molar-refractivity contribution is 0.0698. The van der Waals surface area contributed by atoms with Gasteiger partial charge in [-0.05, 0) is 47.4 Å². The predicted molar refractivity (Wildman–Crippen MR) is 86.8 cm³/mol. The van der Waals surface area contributed by atoms with E-state index in [0.717, 1.165) is 5.56 Å². The highest BCUT2D eigenvalue weighted by molar-refractivity contribution is 6.31. The first-order valence-electron chi connectivity index (χ1n) is 6.78. The van der Waals surface area contributed by atoms with Crippen molar-refractivity contribution in [3.8, 4) is 0 Å². The summed E-state index contributed by atoms with van der Waals surface area (Å²) in [5.41, 5.74) is 1.61. The van der Waals surface area contributed by atoms with E-state index in [0.29, 0.717) is 16.4 Å². The van der Waals surface area contributed by atoms with E-state index in [4.69, 9.17) is 11.6 Å². The van der Waals surface area contributed by atoms with Crippen LogP contribution in [-0.4, -0.2) is 11.1 Å². The summed E-state index contributed by atoms with van der Waals surface area (Å²) in [5.74, 6) is -1.41. The molecule has 0 aliphatic heterocycles. The van der Waals surface area contributed by atoms with Gasteiger partial charge in [0.05, 0.1) is 11.3 Å². The second kappa shape index (κ2) is 5.97. The average molecular weight is 322 g/mol. The van der Waals surface area contributed by atoms with Gasteiger partial charge in [0.25, 0.3) is 0 Å². The number of carboxylic acids is 1. The SMILES string of the molecule is CC(C)(C)c1cc(F)ccc1Nc1ccc(Cl)cc1C(=O)O. The molecular weight excluding hydrogens is 305 g/mol. The van der Waals surface area contributed by atoms with E-state index in [2.05, 4.69) is 5.32 Å². The van der Waals surface area contributed by atoms with Gasteiger partial charge in [0, 0.05) is 10.7 Å². The Balaban J connectivity index is 2.51. The lowest BCUT2D eigenvalue weighted by atomic mass is 9.85. The van der Waals surface area contributed by atoms with Crippen LogP contribution in [-0.2, 0) is 5.41 Å². The summed E-state index contributed by atoms with van der Waals surface area (Å²) in [6, 6.07) is 8.99. The molecule has 22 heavy (non-hydrogen) atoms. The molecule has 0 aliphatic carbocycles. The molecule has 0 saturated carbocycles. The zero-order chi connectivity index (χ0) is 16.5. The van der Waals surface area contributed by atoms with Crippen molar-refractivity contribution in [2.45, 2.75) is 26.2 Å². The van der Waals surface area contributed by atoms with Crippen molar-refractivity contribution in [3.63, 3.8) is 0 Å². The highest BCUT2D eigenvalue weighted by Crippen LogP contribution is 2.33. The van der Waals surface area contributed by atoms with Crippen molar-refractivity contribution in [2.24, 2.45) is 0 Å². The fourth-order valence-corrected chi connectivity index (χ4v) is 2.37. The van der Waals surface area contributed by atoms with Gasteiger partial charge >= 0.3 is 5.97 Å². The molecule has 0 amide bonds. The molecule has 0 unspecified atom stereocenters. The van der Waals surface area contributed by atoms with E-state index >= 15 is 0 Å². The first-order chi connectivity index (χ1) is 10.2. The summed E-state index contributed by atoms with van der Waals surface area (Å²) in [4.78, 5) is 11.3. The Morgan fingerprint density at radius 1 is 1.14 bits per heavy atom. The topological polar surface area (TPSA) is 49.3 Å². The molecule has 3 nitrogen and oxygen atoms in total. The molecule has 0 heterocycles. The number of nitrogens with one attached hydrogen (secondary N) is 1. The van der Waals surface area contributed by atoms with Gasteiger partial charge in [-0.2, -0.15) is 0 Å². The molecule has 0 bridgehead atoms. The van der Waals surface area contributed by atoms with E-state index in [1.807, 2.05) is 20.8 Å². The van der Waals surface area contributed by atoms with Crippen LogP contribution in [0.4, 0.5) is 15.8 Å². The van der Waals surface area contributed by atoms with Crippen LogP contribution >= 0.6 is 11.6 Å². The summed E-state index contributed by atoms with van der Waals surface area (Å²) in [6.07, 6.45) is 0. The predicted octanol–water partition coefficient (Wildman–Crippen LogP) is 5.22. The average Bonchev–Trinajstić information content (AvgIpc) is 2.41. The van der Waals surface area contributed by atoms with Crippen LogP contribution in [0, 0.1) is 5.82 Å². The van der Waals surface area contributed by atoms with E-state index in [1.54, 1.807) is 18.2 Å². The number of carboxylic acid groups (broad SMARTS) is 1. The molecule has 0 aliphatic rings. The fraction of sp³-hybridized carbons (Fsp3) is 0.235. The molecule has 2 aromatic carbocycles. The van der Waals surface area contributed by atoms with Crippen LogP contribution in [0.2, 0.25) is 5.02 Å². The molecule has 0 atom stereocenters. The lowest BCUT2D eigenvalue weighted by Gasteiger charge is -2.24. The number of benzene rings is 2. The molecule has 5 heteroatoms. The smallest absolute Gasteiger partial charge is 0.337 e. The highest BCUT2D eigenvalue weighted by atomic mass is 35.5. The summed E-state index contributed by atoms with van der Waals surface area (Å²) >= 11 is 5.85. The molecule has 2 N–H and O–H groups in total. The first kappa shape index (κ1) is 16.3. The minimum atomic E-state index is -1.08. The Labute approximate surface area is 133 Å². The number of halogens is 2. The fourth-order valence-electron chi connectivity index (χ4n) is 2.19. The second-order valence-electron chi connectivity index (χ2n) is 6.06. The van der Waals surface area contributed by atoms with Gasteiger partial charge in [-0.1, -0.05) is 32.4 Å². The molecule has 2 rings (SSSR count). The molecule has 116 valence electrons. The molecule has 0 fully saturated rings. The van der Waals surface area contributed by atoms with Gasteiger partial charge in [-0.15, -0.1) is 0 Å². The quantitative estimate of drug-likeness (QED) is 0.815. The molecule has 0 aromatic heterocycles. The monoisotopic (exact) mass is 321 g/mol. The third-order valence-electron chi connectivity index (χ3n) is 3.27. The molecule has 0 spiro atoms. The number of hydrogen-bond donors (Lipinski definition) is 2. The Hall–Kier alpha value is -2.07. The maximum atomic E-state index is 13.5. The third kappa shape index (κ3) is 3.57. The minimum absolute atomic E-state index is 0.0664. The standard InChI is InChI=1S/C17H17ClFNO2/c1-17(2,3)13-9-11(19)5-7-15(13)20-14-6-4-10(18)8-12(14)16(21)22/h4-9,20H,1-3H3,(H,21,22). The lowest BCUT2D eigenvalue weighted by Crippen LogP contribution is -2.14. The van der Waals surface area contributed by atoms with Crippen molar-refractivity contribution in [2.75, 3.05) is 5.32 Å². The maximum Gasteiger partial charge on any atom is 0.337 e. The van der Waals surface area contributed by atoms with Gasteiger partial charge in [0.1, 0.15) is 5.82 Å². The summed E-state index contributed by atoms with van der Waals surface area (Å²) in [7, 11) is 0. The van der Waals surface area contributed by atoms with Crippen molar-refractivity contribution in [3.05, 3.63) is 58.4 Å². The van der Waals surface area contributed by atoms with E-state index in [9.17, 15) is 14.3 Å². The van der Waals surface area contributed by atoms with Gasteiger partial charge in [-0.25, -0.2) is 9.18 Å².